The van der Waals surface area contributed by atoms with Gasteiger partial charge < -0.3 is 5.32 Å². The quantitative estimate of drug-likeness (QED) is 0.581. The normalized spacial score (nSPS) is 10.3. The summed E-state index contributed by atoms with van der Waals surface area (Å²) in [6.45, 7) is 0. The molecule has 1 aromatic heterocycles. The molecule has 0 spiro atoms. The van der Waals surface area contributed by atoms with Crippen molar-refractivity contribution >= 4 is 52.1 Å². The zero-order valence-corrected chi connectivity index (χ0v) is 16.4. The average Bonchev–Trinajstić information content (AvgIpc) is 2.66. The van der Waals surface area contributed by atoms with Crippen LogP contribution in [0.1, 0.15) is 21.5 Å². The molecular formula is C20H15Cl2N3OS. The second kappa shape index (κ2) is 8.95. The van der Waals surface area contributed by atoms with Crippen LogP contribution in [0, 0.1) is 0 Å². The van der Waals surface area contributed by atoms with Crippen molar-refractivity contribution < 1.29 is 4.79 Å². The molecule has 0 aliphatic carbocycles. The zero-order valence-electron chi connectivity index (χ0n) is 14.1. The number of nitrogens with one attached hydrogen (secondary N) is 2. The van der Waals surface area contributed by atoms with Gasteiger partial charge in [0.05, 0.1) is 10.6 Å². The fourth-order valence-corrected chi connectivity index (χ4v) is 3.03. The number of anilines is 1. The van der Waals surface area contributed by atoms with Crippen LogP contribution >= 0.6 is 35.4 Å². The first-order valence-corrected chi connectivity index (χ1v) is 9.23. The smallest absolute Gasteiger partial charge is 0.258 e. The third-order valence-corrected chi connectivity index (χ3v) is 4.54. The van der Waals surface area contributed by atoms with Crippen LogP contribution in [-0.2, 0) is 6.42 Å². The Morgan fingerprint density at radius 2 is 1.63 bits per heavy atom. The maximum Gasteiger partial charge on any atom is 0.258 e. The van der Waals surface area contributed by atoms with Crippen molar-refractivity contribution in [2.24, 2.45) is 0 Å². The lowest BCUT2D eigenvalue weighted by atomic mass is 10.1. The Kier molecular flexibility index (Phi) is 6.40. The highest BCUT2D eigenvalue weighted by Gasteiger charge is 2.12. The van der Waals surface area contributed by atoms with E-state index in [0.717, 1.165) is 17.7 Å². The molecule has 3 rings (SSSR count). The molecule has 0 bridgehead atoms. The largest absolute Gasteiger partial charge is 0.332 e. The maximum atomic E-state index is 12.3. The van der Waals surface area contributed by atoms with E-state index in [4.69, 9.17) is 35.4 Å². The summed E-state index contributed by atoms with van der Waals surface area (Å²) in [5.74, 6) is -0.422. The molecule has 0 aliphatic heterocycles. The van der Waals surface area contributed by atoms with E-state index in [1.807, 2.05) is 36.4 Å². The van der Waals surface area contributed by atoms with Crippen molar-refractivity contribution in [2.45, 2.75) is 6.42 Å². The highest BCUT2D eigenvalue weighted by molar-refractivity contribution is 7.80. The summed E-state index contributed by atoms with van der Waals surface area (Å²) >= 11 is 17.1. The summed E-state index contributed by atoms with van der Waals surface area (Å²) in [5, 5.41) is 6.49. The van der Waals surface area contributed by atoms with Gasteiger partial charge in [-0.15, -0.1) is 0 Å². The standard InChI is InChI=1S/C20H15Cl2N3OS/c21-15-3-6-18(22)17(12-15)19(26)25-20(27)24-16-4-1-13(2-5-16)11-14-7-9-23-10-8-14/h1-10,12H,11H2,(H2,24,25,26,27). The van der Waals surface area contributed by atoms with Gasteiger partial charge in [-0.05, 0) is 72.2 Å². The van der Waals surface area contributed by atoms with Gasteiger partial charge in [-0.1, -0.05) is 35.3 Å². The average molecular weight is 416 g/mol. The molecule has 0 aliphatic rings. The minimum absolute atomic E-state index is 0.179. The van der Waals surface area contributed by atoms with Crippen molar-refractivity contribution in [3.63, 3.8) is 0 Å². The van der Waals surface area contributed by atoms with Crippen molar-refractivity contribution in [1.82, 2.24) is 10.3 Å². The molecule has 0 atom stereocenters. The summed E-state index contributed by atoms with van der Waals surface area (Å²) in [5.41, 5.74) is 3.39. The SMILES string of the molecule is O=C(NC(=S)Nc1ccc(Cc2ccncc2)cc1)c1cc(Cl)ccc1Cl. The Morgan fingerprint density at radius 1 is 0.963 bits per heavy atom. The predicted molar refractivity (Wildman–Crippen MR) is 114 cm³/mol. The van der Waals surface area contributed by atoms with Crippen molar-refractivity contribution in [3.05, 3.63) is 93.7 Å². The van der Waals surface area contributed by atoms with Gasteiger partial charge in [-0.2, -0.15) is 0 Å². The van der Waals surface area contributed by atoms with Crippen LogP contribution in [0.15, 0.2) is 67.0 Å². The molecule has 2 N–H and O–H groups in total. The molecule has 0 saturated carbocycles. The maximum absolute atomic E-state index is 12.3. The molecule has 0 fully saturated rings. The number of rotatable bonds is 4. The van der Waals surface area contributed by atoms with Gasteiger partial charge in [0.25, 0.3) is 5.91 Å². The summed E-state index contributed by atoms with van der Waals surface area (Å²) in [7, 11) is 0. The highest BCUT2D eigenvalue weighted by atomic mass is 35.5. The van der Waals surface area contributed by atoms with Crippen LogP contribution in [0.25, 0.3) is 0 Å². The Morgan fingerprint density at radius 3 is 2.33 bits per heavy atom. The molecule has 2 aromatic carbocycles. The van der Waals surface area contributed by atoms with E-state index >= 15 is 0 Å². The lowest BCUT2D eigenvalue weighted by Gasteiger charge is -2.11. The number of amides is 1. The van der Waals surface area contributed by atoms with Gasteiger partial charge in [0.1, 0.15) is 0 Å². The first kappa shape index (κ1) is 19.3. The van der Waals surface area contributed by atoms with Gasteiger partial charge in [-0.25, -0.2) is 0 Å². The highest BCUT2D eigenvalue weighted by Crippen LogP contribution is 2.20. The summed E-state index contributed by atoms with van der Waals surface area (Å²) < 4.78 is 0. The van der Waals surface area contributed by atoms with Crippen LogP contribution in [-0.4, -0.2) is 16.0 Å². The second-order valence-corrected chi connectivity index (χ2v) is 7.01. The summed E-state index contributed by atoms with van der Waals surface area (Å²) in [4.78, 5) is 16.3. The third kappa shape index (κ3) is 5.50. The molecule has 0 unspecified atom stereocenters. The predicted octanol–water partition coefficient (Wildman–Crippen LogP) is 5.11. The number of pyridine rings is 1. The van der Waals surface area contributed by atoms with E-state index in [9.17, 15) is 4.79 Å². The van der Waals surface area contributed by atoms with Crippen LogP contribution in [0.5, 0.6) is 0 Å². The van der Waals surface area contributed by atoms with Gasteiger partial charge in [0.15, 0.2) is 5.11 Å². The van der Waals surface area contributed by atoms with Crippen LogP contribution < -0.4 is 10.6 Å². The van der Waals surface area contributed by atoms with Crippen LogP contribution in [0.2, 0.25) is 10.0 Å². The number of aromatic nitrogens is 1. The van der Waals surface area contributed by atoms with Gasteiger partial charge >= 0.3 is 0 Å². The van der Waals surface area contributed by atoms with E-state index < -0.39 is 5.91 Å². The molecular weight excluding hydrogens is 401 g/mol. The molecule has 7 heteroatoms. The van der Waals surface area contributed by atoms with Gasteiger partial charge in [0.2, 0.25) is 0 Å². The number of hydrogen-bond donors (Lipinski definition) is 2. The number of thiocarbonyl (C=S) groups is 1. The minimum atomic E-state index is -0.422. The monoisotopic (exact) mass is 415 g/mol. The second-order valence-electron chi connectivity index (χ2n) is 5.76. The Hall–Kier alpha value is -2.47. The first-order valence-electron chi connectivity index (χ1n) is 8.06. The Bertz CT molecular complexity index is 963. The van der Waals surface area contributed by atoms with Crippen molar-refractivity contribution in [1.29, 1.82) is 0 Å². The summed E-state index contributed by atoms with van der Waals surface area (Å²) in [6, 6.07) is 16.5. The number of halogens is 2. The van der Waals surface area contributed by atoms with Crippen LogP contribution in [0.3, 0.4) is 0 Å². The number of benzene rings is 2. The van der Waals surface area contributed by atoms with Gasteiger partial charge in [-0.3, -0.25) is 15.1 Å². The molecule has 27 heavy (non-hydrogen) atoms. The molecule has 1 heterocycles. The molecule has 4 nitrogen and oxygen atoms in total. The van der Waals surface area contributed by atoms with E-state index in [1.54, 1.807) is 24.5 Å². The molecule has 0 saturated heterocycles. The Labute approximate surface area is 172 Å². The molecule has 0 radical (unpaired) electrons. The molecule has 1 amide bonds. The number of carbonyl (C=O) groups excluding carboxylic acids is 1. The van der Waals surface area contributed by atoms with E-state index in [-0.39, 0.29) is 10.7 Å². The van der Waals surface area contributed by atoms with Crippen molar-refractivity contribution in [3.8, 4) is 0 Å². The lowest BCUT2D eigenvalue weighted by Crippen LogP contribution is -2.34. The van der Waals surface area contributed by atoms with E-state index in [2.05, 4.69) is 15.6 Å². The van der Waals surface area contributed by atoms with Crippen LogP contribution in [0.4, 0.5) is 5.69 Å². The number of nitrogens with zero attached hydrogens (tertiary/aromatic N) is 1. The van der Waals surface area contributed by atoms with Gasteiger partial charge in [0, 0.05) is 23.1 Å². The summed E-state index contributed by atoms with van der Waals surface area (Å²) in [6.07, 6.45) is 4.37. The van der Waals surface area contributed by atoms with Crippen molar-refractivity contribution in [2.75, 3.05) is 5.32 Å². The molecule has 3 aromatic rings. The van der Waals surface area contributed by atoms with E-state index in [1.165, 1.54) is 11.6 Å². The topological polar surface area (TPSA) is 54.0 Å². The lowest BCUT2D eigenvalue weighted by molar-refractivity contribution is 0.0978. The number of hydrogen-bond acceptors (Lipinski definition) is 3. The Balaban J connectivity index is 1.59. The third-order valence-electron chi connectivity index (χ3n) is 3.77. The zero-order chi connectivity index (χ0) is 19.2. The fraction of sp³-hybridized carbons (Fsp3) is 0.0500. The fourth-order valence-electron chi connectivity index (χ4n) is 2.45. The minimum Gasteiger partial charge on any atom is -0.332 e. The van der Waals surface area contributed by atoms with E-state index in [0.29, 0.717) is 10.0 Å². The molecule has 136 valence electrons. The number of carbonyl (C=O) groups is 1. The first-order chi connectivity index (χ1) is 13.0.